The third-order valence-electron chi connectivity index (χ3n) is 4.82. The highest BCUT2D eigenvalue weighted by atomic mass is 16.2. The van der Waals surface area contributed by atoms with Crippen molar-refractivity contribution in [1.82, 2.24) is 20.4 Å². The van der Waals surface area contributed by atoms with E-state index in [2.05, 4.69) is 15.7 Å². The molecule has 1 aliphatic carbocycles. The van der Waals surface area contributed by atoms with Crippen LogP contribution in [0.15, 0.2) is 18.5 Å². The Kier molecular flexibility index (Phi) is 4.05. The molecule has 2 fully saturated rings. The maximum atomic E-state index is 12.8. The second-order valence-electron chi connectivity index (χ2n) is 6.09. The van der Waals surface area contributed by atoms with Crippen LogP contribution in [0.3, 0.4) is 0 Å². The second kappa shape index (κ2) is 5.95. The summed E-state index contributed by atoms with van der Waals surface area (Å²) in [7, 11) is 0. The van der Waals surface area contributed by atoms with Gasteiger partial charge in [-0.25, -0.2) is 0 Å². The Morgan fingerprint density at radius 1 is 1.35 bits per heavy atom. The Morgan fingerprint density at radius 2 is 2.10 bits per heavy atom. The van der Waals surface area contributed by atoms with Gasteiger partial charge in [-0.1, -0.05) is 12.8 Å². The first kappa shape index (κ1) is 13.6. The van der Waals surface area contributed by atoms with Crippen LogP contribution >= 0.6 is 0 Å². The molecule has 0 unspecified atom stereocenters. The zero-order valence-corrected chi connectivity index (χ0v) is 12.0. The van der Waals surface area contributed by atoms with Crippen LogP contribution in [0.2, 0.25) is 0 Å². The Labute approximate surface area is 120 Å². The fraction of sp³-hybridized carbons (Fsp3) is 0.733. The van der Waals surface area contributed by atoms with Gasteiger partial charge in [-0.3, -0.25) is 9.48 Å². The van der Waals surface area contributed by atoms with Crippen molar-refractivity contribution in [2.24, 2.45) is 5.92 Å². The first-order valence-electron chi connectivity index (χ1n) is 7.80. The highest BCUT2D eigenvalue weighted by Gasteiger charge is 2.41. The van der Waals surface area contributed by atoms with Crippen LogP contribution in [0.1, 0.15) is 38.5 Å². The molecule has 0 radical (unpaired) electrons. The van der Waals surface area contributed by atoms with Gasteiger partial charge in [0.25, 0.3) is 0 Å². The highest BCUT2D eigenvalue weighted by molar-refractivity contribution is 5.84. The molecule has 0 spiro atoms. The lowest BCUT2D eigenvalue weighted by molar-refractivity contribution is -0.132. The molecular formula is C15H24N4O. The summed E-state index contributed by atoms with van der Waals surface area (Å²) in [5.41, 5.74) is -0.493. The highest BCUT2D eigenvalue weighted by Crippen LogP contribution is 2.28. The van der Waals surface area contributed by atoms with Gasteiger partial charge in [0.05, 0.1) is 0 Å². The van der Waals surface area contributed by atoms with Crippen molar-refractivity contribution in [2.45, 2.75) is 44.1 Å². The van der Waals surface area contributed by atoms with E-state index in [1.165, 1.54) is 25.7 Å². The van der Waals surface area contributed by atoms with Gasteiger partial charge in [0.15, 0.2) is 0 Å². The quantitative estimate of drug-likeness (QED) is 0.870. The monoisotopic (exact) mass is 276 g/mol. The van der Waals surface area contributed by atoms with Crippen molar-refractivity contribution in [2.75, 3.05) is 19.6 Å². The van der Waals surface area contributed by atoms with E-state index in [0.717, 1.165) is 32.5 Å². The van der Waals surface area contributed by atoms with Crippen molar-refractivity contribution >= 4 is 5.91 Å². The van der Waals surface area contributed by atoms with Gasteiger partial charge in [0, 0.05) is 18.9 Å². The van der Waals surface area contributed by atoms with Crippen LogP contribution in [0.5, 0.6) is 0 Å². The maximum absolute atomic E-state index is 12.8. The van der Waals surface area contributed by atoms with Crippen LogP contribution in [-0.4, -0.2) is 35.3 Å². The first-order chi connectivity index (χ1) is 9.81. The molecule has 1 saturated heterocycles. The van der Waals surface area contributed by atoms with E-state index in [-0.39, 0.29) is 5.91 Å². The van der Waals surface area contributed by atoms with E-state index in [9.17, 15) is 4.79 Å². The van der Waals surface area contributed by atoms with Crippen LogP contribution < -0.4 is 10.6 Å². The molecule has 2 heterocycles. The Morgan fingerprint density at radius 3 is 2.75 bits per heavy atom. The minimum absolute atomic E-state index is 0.148. The van der Waals surface area contributed by atoms with Gasteiger partial charge in [0.2, 0.25) is 5.91 Å². The third kappa shape index (κ3) is 2.59. The summed E-state index contributed by atoms with van der Waals surface area (Å²) in [5.74, 6) is 0.824. The topological polar surface area (TPSA) is 59.0 Å². The molecule has 1 amide bonds. The minimum Gasteiger partial charge on any atom is -0.354 e. The Bertz CT molecular complexity index is 431. The minimum atomic E-state index is -0.493. The van der Waals surface area contributed by atoms with Gasteiger partial charge < -0.3 is 10.6 Å². The number of hydrogen-bond acceptors (Lipinski definition) is 3. The molecule has 20 heavy (non-hydrogen) atoms. The van der Waals surface area contributed by atoms with E-state index < -0.39 is 5.54 Å². The van der Waals surface area contributed by atoms with E-state index >= 15 is 0 Å². The Balaban J connectivity index is 1.70. The average molecular weight is 276 g/mol. The van der Waals surface area contributed by atoms with Crippen molar-refractivity contribution < 1.29 is 4.79 Å². The first-order valence-corrected chi connectivity index (χ1v) is 7.80. The lowest BCUT2D eigenvalue weighted by Crippen LogP contribution is -2.55. The summed E-state index contributed by atoms with van der Waals surface area (Å²) in [4.78, 5) is 12.8. The average Bonchev–Trinajstić information content (AvgIpc) is 3.18. The van der Waals surface area contributed by atoms with Gasteiger partial charge >= 0.3 is 0 Å². The smallest absolute Gasteiger partial charge is 0.248 e. The SMILES string of the molecule is O=C(NCC1CCCC1)C1(n2cccn2)CCNCC1. The number of nitrogens with one attached hydrogen (secondary N) is 2. The molecule has 3 rings (SSSR count). The largest absolute Gasteiger partial charge is 0.354 e. The summed E-state index contributed by atoms with van der Waals surface area (Å²) in [5, 5.41) is 10.9. The normalized spacial score (nSPS) is 22.8. The molecule has 2 aliphatic rings. The van der Waals surface area contributed by atoms with Crippen LogP contribution in [0.25, 0.3) is 0 Å². The van der Waals surface area contributed by atoms with Crippen molar-refractivity contribution in [3.05, 3.63) is 18.5 Å². The molecule has 0 atom stereocenters. The van der Waals surface area contributed by atoms with Crippen LogP contribution in [0.4, 0.5) is 0 Å². The molecule has 2 N–H and O–H groups in total. The number of hydrogen-bond donors (Lipinski definition) is 2. The fourth-order valence-corrected chi connectivity index (χ4v) is 3.54. The second-order valence-corrected chi connectivity index (χ2v) is 6.09. The van der Waals surface area contributed by atoms with E-state index in [1.807, 2.05) is 16.9 Å². The van der Waals surface area contributed by atoms with E-state index in [1.54, 1.807) is 6.20 Å². The lowest BCUT2D eigenvalue weighted by atomic mass is 9.87. The molecule has 1 aromatic rings. The number of carbonyl (C=O) groups is 1. The van der Waals surface area contributed by atoms with Gasteiger partial charge in [-0.05, 0) is 50.8 Å². The number of carbonyl (C=O) groups excluding carboxylic acids is 1. The zero-order valence-electron chi connectivity index (χ0n) is 12.0. The standard InChI is InChI=1S/C15H24N4O/c20-14(17-12-13-4-1-2-5-13)15(6-9-16-10-7-15)19-11-3-8-18-19/h3,8,11,13,16H,1-2,4-7,9-10,12H2,(H,17,20). The molecule has 110 valence electrons. The predicted octanol–water partition coefficient (Wildman–Crippen LogP) is 1.27. The zero-order chi connectivity index (χ0) is 13.8. The molecule has 1 aliphatic heterocycles. The van der Waals surface area contributed by atoms with E-state index in [0.29, 0.717) is 5.92 Å². The van der Waals surface area contributed by atoms with E-state index in [4.69, 9.17) is 0 Å². The number of rotatable bonds is 4. The fourth-order valence-electron chi connectivity index (χ4n) is 3.54. The van der Waals surface area contributed by atoms with Gasteiger partial charge in [-0.15, -0.1) is 0 Å². The van der Waals surface area contributed by atoms with Crippen molar-refractivity contribution in [1.29, 1.82) is 0 Å². The Hall–Kier alpha value is -1.36. The number of piperidine rings is 1. The number of nitrogens with zero attached hydrogens (tertiary/aromatic N) is 2. The summed E-state index contributed by atoms with van der Waals surface area (Å²) in [6.45, 7) is 2.57. The van der Waals surface area contributed by atoms with Crippen LogP contribution in [0, 0.1) is 5.92 Å². The summed E-state index contributed by atoms with van der Waals surface area (Å²) in [6.07, 6.45) is 10.4. The van der Waals surface area contributed by atoms with Gasteiger partial charge in [0.1, 0.15) is 5.54 Å². The number of amides is 1. The van der Waals surface area contributed by atoms with Gasteiger partial charge in [-0.2, -0.15) is 5.10 Å². The summed E-state index contributed by atoms with van der Waals surface area (Å²) in [6, 6.07) is 1.90. The molecule has 1 aromatic heterocycles. The summed E-state index contributed by atoms with van der Waals surface area (Å²) < 4.78 is 1.86. The molecule has 0 aromatic carbocycles. The van der Waals surface area contributed by atoms with Crippen molar-refractivity contribution in [3.63, 3.8) is 0 Å². The van der Waals surface area contributed by atoms with Crippen molar-refractivity contribution in [3.8, 4) is 0 Å². The summed E-state index contributed by atoms with van der Waals surface area (Å²) >= 11 is 0. The third-order valence-corrected chi connectivity index (χ3v) is 4.82. The molecule has 5 heteroatoms. The molecule has 0 bridgehead atoms. The number of aromatic nitrogens is 2. The lowest BCUT2D eigenvalue weighted by Gasteiger charge is -2.36. The molecular weight excluding hydrogens is 252 g/mol. The molecule has 5 nitrogen and oxygen atoms in total. The molecule has 1 saturated carbocycles. The van der Waals surface area contributed by atoms with Crippen LogP contribution in [-0.2, 0) is 10.3 Å². The predicted molar refractivity (Wildman–Crippen MR) is 77.3 cm³/mol. The maximum Gasteiger partial charge on any atom is 0.248 e.